The van der Waals surface area contributed by atoms with Crippen molar-refractivity contribution in [2.45, 2.75) is 31.5 Å². The summed E-state index contributed by atoms with van der Waals surface area (Å²) in [6.07, 6.45) is 2.54. The molecule has 7 heteroatoms. The molecule has 0 spiro atoms. The van der Waals surface area contributed by atoms with E-state index in [2.05, 4.69) is 23.2 Å². The Morgan fingerprint density at radius 1 is 1.10 bits per heavy atom. The summed E-state index contributed by atoms with van der Waals surface area (Å²) in [7, 11) is 0. The summed E-state index contributed by atoms with van der Waals surface area (Å²) < 4.78 is 7.46. The van der Waals surface area contributed by atoms with Crippen molar-refractivity contribution in [3.05, 3.63) is 78.3 Å². The lowest BCUT2D eigenvalue weighted by molar-refractivity contribution is -0.116. The summed E-state index contributed by atoms with van der Waals surface area (Å²) in [5, 5.41) is 9.52. The minimum atomic E-state index is 0.0751. The molecule has 156 valence electrons. The number of amides is 1. The van der Waals surface area contributed by atoms with E-state index in [4.69, 9.17) is 4.42 Å². The first-order chi connectivity index (χ1) is 15.1. The molecular formula is C24H22N4O2S. The number of aryl methyl sites for hydroxylation is 1. The average molecular weight is 431 g/mol. The molecule has 0 saturated heterocycles. The molecule has 1 aliphatic rings. The topological polar surface area (TPSA) is 64.2 Å². The number of nitrogens with zero attached hydrogens (tertiary/aromatic N) is 4. The van der Waals surface area contributed by atoms with Gasteiger partial charge < -0.3 is 9.32 Å². The van der Waals surface area contributed by atoms with Gasteiger partial charge in [-0.15, -0.1) is 10.2 Å². The molecule has 0 radical (unpaired) electrons. The van der Waals surface area contributed by atoms with Crippen LogP contribution in [0, 0.1) is 6.92 Å². The molecule has 0 bridgehead atoms. The van der Waals surface area contributed by atoms with Gasteiger partial charge in [0.1, 0.15) is 5.76 Å². The van der Waals surface area contributed by atoms with E-state index in [-0.39, 0.29) is 17.7 Å². The van der Waals surface area contributed by atoms with Gasteiger partial charge in [-0.1, -0.05) is 48.2 Å². The van der Waals surface area contributed by atoms with Gasteiger partial charge in [-0.3, -0.25) is 9.36 Å². The fourth-order valence-corrected chi connectivity index (χ4v) is 4.92. The highest BCUT2D eigenvalue weighted by Gasteiger charge is 2.31. The summed E-state index contributed by atoms with van der Waals surface area (Å²) in [5.41, 5.74) is 4.06. The van der Waals surface area contributed by atoms with Gasteiger partial charge in [-0.25, -0.2) is 0 Å². The Hall–Kier alpha value is -3.32. The molecule has 4 aromatic rings. The van der Waals surface area contributed by atoms with Crippen LogP contribution < -0.4 is 4.90 Å². The number of hydrogen-bond acceptors (Lipinski definition) is 5. The molecule has 0 fully saturated rings. The minimum Gasteiger partial charge on any atom is -0.469 e. The zero-order valence-corrected chi connectivity index (χ0v) is 18.2. The van der Waals surface area contributed by atoms with Gasteiger partial charge in [-0.05, 0) is 50.1 Å². The Balaban J connectivity index is 1.44. The molecule has 0 N–H and O–H groups in total. The van der Waals surface area contributed by atoms with Crippen molar-refractivity contribution in [1.29, 1.82) is 0 Å². The van der Waals surface area contributed by atoms with E-state index in [1.165, 1.54) is 17.3 Å². The van der Waals surface area contributed by atoms with Gasteiger partial charge in [0, 0.05) is 17.4 Å². The Kier molecular flexibility index (Phi) is 5.11. The molecule has 0 saturated carbocycles. The maximum atomic E-state index is 13.2. The molecule has 1 amide bonds. The number of fused-ring (bicyclic) bond motifs is 1. The van der Waals surface area contributed by atoms with E-state index in [0.29, 0.717) is 11.0 Å². The molecule has 3 heterocycles. The number of carbonyl (C=O) groups is 1. The van der Waals surface area contributed by atoms with Crippen molar-refractivity contribution >= 4 is 23.4 Å². The van der Waals surface area contributed by atoms with Crippen molar-refractivity contribution in [3.63, 3.8) is 0 Å². The number of furan rings is 1. The Morgan fingerprint density at radius 3 is 2.65 bits per heavy atom. The second kappa shape index (κ2) is 8.07. The molecule has 2 aromatic carbocycles. The van der Waals surface area contributed by atoms with Gasteiger partial charge >= 0.3 is 0 Å². The molecule has 6 nitrogen and oxygen atoms in total. The van der Waals surface area contributed by atoms with E-state index < -0.39 is 0 Å². The number of hydrogen-bond donors (Lipinski definition) is 0. The second-order valence-corrected chi connectivity index (χ2v) is 8.54. The Morgan fingerprint density at radius 2 is 1.87 bits per heavy atom. The van der Waals surface area contributed by atoms with Crippen molar-refractivity contribution in [2.24, 2.45) is 0 Å². The first-order valence-electron chi connectivity index (χ1n) is 10.2. The standard InChI is InChI=1S/C24H22N4O2S/c1-16-14-18-8-6-7-11-21(18)27(16)22(29)15-31-24-26-25-23(20-12-13-30-17(20)2)28(24)19-9-4-3-5-10-19/h3-13,16H,14-15H2,1-2H3. The second-order valence-electron chi connectivity index (χ2n) is 7.60. The largest absolute Gasteiger partial charge is 0.469 e. The molecule has 1 atom stereocenters. The number of thioether (sulfide) groups is 1. The highest BCUT2D eigenvalue weighted by molar-refractivity contribution is 7.99. The van der Waals surface area contributed by atoms with Crippen LogP contribution in [0.2, 0.25) is 0 Å². The van der Waals surface area contributed by atoms with Crippen molar-refractivity contribution in [3.8, 4) is 17.1 Å². The first-order valence-corrected chi connectivity index (χ1v) is 11.2. The third kappa shape index (κ3) is 3.55. The number of carbonyl (C=O) groups excluding carboxylic acids is 1. The fraction of sp³-hybridized carbons (Fsp3) is 0.208. The molecule has 2 aromatic heterocycles. The monoisotopic (exact) mass is 430 g/mol. The van der Waals surface area contributed by atoms with E-state index >= 15 is 0 Å². The maximum absolute atomic E-state index is 13.2. The molecule has 1 unspecified atom stereocenters. The third-order valence-corrected chi connectivity index (χ3v) is 6.46. The van der Waals surface area contributed by atoms with Crippen LogP contribution in [-0.2, 0) is 11.2 Å². The van der Waals surface area contributed by atoms with Gasteiger partial charge in [0.25, 0.3) is 0 Å². The minimum absolute atomic E-state index is 0.0751. The van der Waals surface area contributed by atoms with Crippen LogP contribution in [0.15, 0.2) is 76.5 Å². The SMILES string of the molecule is Cc1occc1-c1nnc(SCC(=O)N2c3ccccc3CC2C)n1-c1ccccc1. The zero-order valence-electron chi connectivity index (χ0n) is 17.4. The van der Waals surface area contributed by atoms with Crippen LogP contribution >= 0.6 is 11.8 Å². The fourth-order valence-electron chi connectivity index (χ4n) is 4.11. The van der Waals surface area contributed by atoms with Gasteiger partial charge in [0.2, 0.25) is 5.91 Å². The lowest BCUT2D eigenvalue weighted by Crippen LogP contribution is -2.37. The zero-order chi connectivity index (χ0) is 21.4. The molecule has 0 aliphatic carbocycles. The molecule has 1 aliphatic heterocycles. The Labute approximate surface area is 184 Å². The van der Waals surface area contributed by atoms with Gasteiger partial charge in [-0.2, -0.15) is 0 Å². The van der Waals surface area contributed by atoms with E-state index in [1.807, 2.05) is 71.0 Å². The number of aromatic nitrogens is 3. The summed E-state index contributed by atoms with van der Waals surface area (Å²) in [6.45, 7) is 4.00. The Bertz CT molecular complexity index is 1230. The highest BCUT2D eigenvalue weighted by atomic mass is 32.2. The lowest BCUT2D eigenvalue weighted by atomic mass is 10.1. The summed E-state index contributed by atoms with van der Waals surface area (Å²) >= 11 is 1.41. The van der Waals surface area contributed by atoms with E-state index in [1.54, 1.807) is 6.26 Å². The normalized spacial score (nSPS) is 15.3. The quantitative estimate of drug-likeness (QED) is 0.421. The first kappa shape index (κ1) is 19.6. The molecular weight excluding hydrogens is 408 g/mol. The molecule has 31 heavy (non-hydrogen) atoms. The smallest absolute Gasteiger partial charge is 0.237 e. The van der Waals surface area contributed by atoms with E-state index in [9.17, 15) is 4.79 Å². The maximum Gasteiger partial charge on any atom is 0.237 e. The van der Waals surface area contributed by atoms with Crippen LogP contribution in [0.25, 0.3) is 17.1 Å². The van der Waals surface area contributed by atoms with Crippen molar-refractivity contribution < 1.29 is 9.21 Å². The predicted molar refractivity (Wildman–Crippen MR) is 122 cm³/mol. The summed E-state index contributed by atoms with van der Waals surface area (Å²) in [6, 6.07) is 20.1. The average Bonchev–Trinajstić information content (AvgIpc) is 3.48. The summed E-state index contributed by atoms with van der Waals surface area (Å²) in [4.78, 5) is 15.1. The number of rotatable bonds is 5. The van der Waals surface area contributed by atoms with Crippen LogP contribution in [-0.4, -0.2) is 32.5 Å². The molecule has 5 rings (SSSR count). The predicted octanol–water partition coefficient (Wildman–Crippen LogP) is 4.91. The number of anilines is 1. The van der Waals surface area contributed by atoms with Crippen LogP contribution in [0.3, 0.4) is 0 Å². The van der Waals surface area contributed by atoms with Crippen molar-refractivity contribution in [1.82, 2.24) is 14.8 Å². The number of para-hydroxylation sites is 2. The van der Waals surface area contributed by atoms with Crippen LogP contribution in [0.4, 0.5) is 5.69 Å². The lowest BCUT2D eigenvalue weighted by Gasteiger charge is -2.22. The number of benzene rings is 2. The highest BCUT2D eigenvalue weighted by Crippen LogP contribution is 2.34. The summed E-state index contributed by atoms with van der Waals surface area (Å²) in [5.74, 6) is 1.84. The van der Waals surface area contributed by atoms with E-state index in [0.717, 1.165) is 29.1 Å². The van der Waals surface area contributed by atoms with Crippen LogP contribution in [0.1, 0.15) is 18.2 Å². The van der Waals surface area contributed by atoms with Crippen LogP contribution in [0.5, 0.6) is 0 Å². The van der Waals surface area contributed by atoms with Gasteiger partial charge in [0.05, 0.1) is 17.6 Å². The van der Waals surface area contributed by atoms with Crippen molar-refractivity contribution in [2.75, 3.05) is 10.7 Å². The van der Waals surface area contributed by atoms with Gasteiger partial charge in [0.15, 0.2) is 11.0 Å². The third-order valence-electron chi connectivity index (χ3n) is 5.55.